The van der Waals surface area contributed by atoms with E-state index in [2.05, 4.69) is 10.0 Å². The van der Waals surface area contributed by atoms with Crippen molar-refractivity contribution < 1.29 is 18.1 Å². The second kappa shape index (κ2) is 7.71. The van der Waals surface area contributed by atoms with E-state index in [1.807, 2.05) is 0 Å². The quantitative estimate of drug-likeness (QED) is 0.617. The molecule has 1 aromatic carbocycles. The molecule has 3 N–H and O–H groups in total. The standard InChI is InChI=1S/C15H23N3O3S/c1-13(19)17-14-5-7-15(8-6-14)22(20,21)16-9-4-12-18-10-2-3-11-18/h5-8,16H,2-4,9-12H2,1H3,(H,17,19)/p+1. The van der Waals surface area contributed by atoms with E-state index in [-0.39, 0.29) is 10.8 Å². The summed E-state index contributed by atoms with van der Waals surface area (Å²) < 4.78 is 26.9. The van der Waals surface area contributed by atoms with Gasteiger partial charge in [0.05, 0.1) is 24.5 Å². The van der Waals surface area contributed by atoms with Crippen LogP contribution in [0.3, 0.4) is 0 Å². The summed E-state index contributed by atoms with van der Waals surface area (Å²) in [5, 5.41) is 2.61. The molecule has 6 nitrogen and oxygen atoms in total. The molecule has 22 heavy (non-hydrogen) atoms. The summed E-state index contributed by atoms with van der Waals surface area (Å²) in [6.45, 7) is 5.30. The number of hydrogen-bond acceptors (Lipinski definition) is 3. The minimum absolute atomic E-state index is 0.182. The van der Waals surface area contributed by atoms with Crippen molar-refractivity contribution in [1.29, 1.82) is 0 Å². The predicted octanol–water partition coefficient (Wildman–Crippen LogP) is -0.00790. The van der Waals surface area contributed by atoms with Crippen LogP contribution in [0.2, 0.25) is 0 Å². The first-order valence-electron chi connectivity index (χ1n) is 7.68. The smallest absolute Gasteiger partial charge is 0.240 e. The Labute approximate surface area is 131 Å². The molecule has 7 heteroatoms. The highest BCUT2D eigenvalue weighted by Gasteiger charge is 2.16. The van der Waals surface area contributed by atoms with E-state index in [4.69, 9.17) is 0 Å². The molecule has 1 amide bonds. The van der Waals surface area contributed by atoms with Gasteiger partial charge >= 0.3 is 0 Å². The summed E-state index contributed by atoms with van der Waals surface area (Å²) in [6.07, 6.45) is 3.40. The predicted molar refractivity (Wildman–Crippen MR) is 85.3 cm³/mol. The topological polar surface area (TPSA) is 79.7 Å². The zero-order valence-electron chi connectivity index (χ0n) is 12.9. The lowest BCUT2D eigenvalue weighted by molar-refractivity contribution is -0.887. The molecular weight excluding hydrogens is 302 g/mol. The Hall–Kier alpha value is -1.44. The summed E-state index contributed by atoms with van der Waals surface area (Å²) in [4.78, 5) is 12.7. The van der Waals surface area contributed by atoms with Crippen molar-refractivity contribution in [3.8, 4) is 0 Å². The third kappa shape index (κ3) is 5.08. The Morgan fingerprint density at radius 1 is 1.18 bits per heavy atom. The summed E-state index contributed by atoms with van der Waals surface area (Å²) in [5.74, 6) is -0.182. The fourth-order valence-electron chi connectivity index (χ4n) is 2.67. The maximum atomic E-state index is 12.2. The average Bonchev–Trinajstić information content (AvgIpc) is 2.97. The molecule has 0 bridgehead atoms. The fourth-order valence-corrected chi connectivity index (χ4v) is 3.75. The Morgan fingerprint density at radius 2 is 1.82 bits per heavy atom. The summed E-state index contributed by atoms with van der Waals surface area (Å²) >= 11 is 0. The number of likely N-dealkylation sites (tertiary alicyclic amines) is 1. The van der Waals surface area contributed by atoms with Crippen LogP contribution in [0.5, 0.6) is 0 Å². The fraction of sp³-hybridized carbons (Fsp3) is 0.533. The van der Waals surface area contributed by atoms with Gasteiger partial charge in [0.15, 0.2) is 0 Å². The van der Waals surface area contributed by atoms with Gasteiger partial charge in [-0.3, -0.25) is 4.79 Å². The lowest BCUT2D eigenvalue weighted by Crippen LogP contribution is -3.10. The summed E-state index contributed by atoms with van der Waals surface area (Å²) in [7, 11) is -3.47. The van der Waals surface area contributed by atoms with Crippen molar-refractivity contribution in [1.82, 2.24) is 4.72 Å². The lowest BCUT2D eigenvalue weighted by Gasteiger charge is -2.12. The second-order valence-electron chi connectivity index (χ2n) is 5.66. The second-order valence-corrected chi connectivity index (χ2v) is 7.43. The third-order valence-corrected chi connectivity index (χ3v) is 5.27. The highest BCUT2D eigenvalue weighted by atomic mass is 32.2. The Kier molecular flexibility index (Phi) is 5.93. The summed E-state index contributed by atoms with van der Waals surface area (Å²) in [6, 6.07) is 6.17. The van der Waals surface area contributed by atoms with Crippen LogP contribution in [-0.2, 0) is 14.8 Å². The van der Waals surface area contributed by atoms with Gasteiger partial charge in [-0.25, -0.2) is 13.1 Å². The molecular formula is C15H24N3O3S+. The van der Waals surface area contributed by atoms with E-state index in [1.54, 1.807) is 17.0 Å². The molecule has 2 rings (SSSR count). The maximum absolute atomic E-state index is 12.2. The highest BCUT2D eigenvalue weighted by molar-refractivity contribution is 7.89. The van der Waals surface area contributed by atoms with Gasteiger partial charge in [0.2, 0.25) is 15.9 Å². The minimum atomic E-state index is -3.47. The molecule has 1 aliphatic heterocycles. The molecule has 1 aromatic rings. The molecule has 0 aliphatic carbocycles. The first-order valence-corrected chi connectivity index (χ1v) is 9.16. The number of hydrogen-bond donors (Lipinski definition) is 3. The number of rotatable bonds is 7. The van der Waals surface area contributed by atoms with Crippen LogP contribution in [0.1, 0.15) is 26.2 Å². The van der Waals surface area contributed by atoms with E-state index in [0.29, 0.717) is 12.2 Å². The molecule has 1 aliphatic rings. The van der Waals surface area contributed by atoms with Crippen LogP contribution in [0.25, 0.3) is 0 Å². The number of carbonyl (C=O) groups excluding carboxylic acids is 1. The number of sulfonamides is 1. The third-order valence-electron chi connectivity index (χ3n) is 3.79. The van der Waals surface area contributed by atoms with E-state index in [1.165, 1.54) is 45.0 Å². The van der Waals surface area contributed by atoms with Gasteiger partial charge < -0.3 is 10.2 Å². The molecule has 1 heterocycles. The summed E-state index contributed by atoms with van der Waals surface area (Å²) in [5.41, 5.74) is 0.587. The van der Waals surface area contributed by atoms with Gasteiger partial charge in [0, 0.05) is 38.4 Å². The zero-order valence-corrected chi connectivity index (χ0v) is 13.7. The molecule has 0 spiro atoms. The van der Waals surface area contributed by atoms with E-state index in [0.717, 1.165) is 13.0 Å². The number of quaternary nitrogens is 1. The molecule has 0 saturated carbocycles. The van der Waals surface area contributed by atoms with Crippen molar-refractivity contribution in [2.45, 2.75) is 31.1 Å². The molecule has 1 saturated heterocycles. The van der Waals surface area contributed by atoms with Gasteiger partial charge in [-0.1, -0.05) is 0 Å². The van der Waals surface area contributed by atoms with E-state index >= 15 is 0 Å². The van der Waals surface area contributed by atoms with Gasteiger partial charge in [-0.15, -0.1) is 0 Å². The molecule has 0 radical (unpaired) electrons. The van der Waals surface area contributed by atoms with Crippen molar-refractivity contribution in [3.63, 3.8) is 0 Å². The van der Waals surface area contributed by atoms with E-state index in [9.17, 15) is 13.2 Å². The minimum Gasteiger partial charge on any atom is -0.335 e. The molecule has 1 fully saturated rings. The zero-order chi connectivity index (χ0) is 16.0. The molecule has 0 atom stereocenters. The van der Waals surface area contributed by atoms with Gasteiger partial charge in [-0.2, -0.15) is 0 Å². The van der Waals surface area contributed by atoms with Gasteiger partial charge in [0.25, 0.3) is 0 Å². The van der Waals surface area contributed by atoms with Gasteiger partial charge in [-0.05, 0) is 24.3 Å². The number of benzene rings is 1. The van der Waals surface area contributed by atoms with Crippen LogP contribution in [0.15, 0.2) is 29.2 Å². The van der Waals surface area contributed by atoms with Crippen LogP contribution >= 0.6 is 0 Å². The SMILES string of the molecule is CC(=O)Nc1ccc(S(=O)(=O)NCCC[NH+]2CCCC2)cc1. The van der Waals surface area contributed by atoms with Crippen LogP contribution in [0, 0.1) is 0 Å². The largest absolute Gasteiger partial charge is 0.335 e. The average molecular weight is 326 g/mol. The molecule has 0 aromatic heterocycles. The Bertz CT molecular complexity index is 593. The Morgan fingerprint density at radius 3 is 2.41 bits per heavy atom. The van der Waals surface area contributed by atoms with E-state index < -0.39 is 10.0 Å². The van der Waals surface area contributed by atoms with Crippen molar-refractivity contribution in [2.75, 3.05) is 31.5 Å². The number of carbonyl (C=O) groups is 1. The highest BCUT2D eigenvalue weighted by Crippen LogP contribution is 2.13. The maximum Gasteiger partial charge on any atom is 0.240 e. The van der Waals surface area contributed by atoms with Crippen molar-refractivity contribution >= 4 is 21.6 Å². The van der Waals surface area contributed by atoms with Crippen LogP contribution in [-0.4, -0.2) is 40.5 Å². The molecule has 0 unspecified atom stereocenters. The van der Waals surface area contributed by atoms with Crippen LogP contribution in [0.4, 0.5) is 5.69 Å². The number of anilines is 1. The number of nitrogens with one attached hydrogen (secondary N) is 3. The Balaban J connectivity index is 1.82. The molecule has 122 valence electrons. The van der Waals surface area contributed by atoms with Crippen LogP contribution < -0.4 is 14.9 Å². The van der Waals surface area contributed by atoms with Crippen molar-refractivity contribution in [3.05, 3.63) is 24.3 Å². The first kappa shape index (κ1) is 16.9. The normalized spacial score (nSPS) is 15.9. The first-order chi connectivity index (χ1) is 10.5. The lowest BCUT2D eigenvalue weighted by atomic mass is 10.3. The monoisotopic (exact) mass is 326 g/mol. The van der Waals surface area contributed by atoms with Crippen molar-refractivity contribution in [2.24, 2.45) is 0 Å². The number of amides is 1. The van der Waals surface area contributed by atoms with Gasteiger partial charge in [0.1, 0.15) is 0 Å².